The third kappa shape index (κ3) is 6.10. The minimum absolute atomic E-state index is 0.0321. The number of hydrogen-bond donors (Lipinski definition) is 1. The van der Waals surface area contributed by atoms with Gasteiger partial charge in [-0.2, -0.15) is 5.10 Å². The minimum Gasteiger partial charge on any atom is -0.493 e. The van der Waals surface area contributed by atoms with Gasteiger partial charge in [0.2, 0.25) is 0 Å². The van der Waals surface area contributed by atoms with Crippen LogP contribution in [0.4, 0.5) is 5.69 Å². The summed E-state index contributed by atoms with van der Waals surface area (Å²) in [5.74, 6) is 1.63. The van der Waals surface area contributed by atoms with Crippen LogP contribution in [0.1, 0.15) is 25.5 Å². The van der Waals surface area contributed by atoms with Gasteiger partial charge in [0.05, 0.1) is 41.8 Å². The van der Waals surface area contributed by atoms with Crippen LogP contribution in [0.3, 0.4) is 0 Å². The summed E-state index contributed by atoms with van der Waals surface area (Å²) in [6.45, 7) is 5.16. The fraction of sp³-hybridized carbons (Fsp3) is 0.407. The lowest BCUT2D eigenvalue weighted by molar-refractivity contribution is 0.172. The number of rotatable bonds is 13. The van der Waals surface area contributed by atoms with E-state index >= 15 is 0 Å². The summed E-state index contributed by atoms with van der Waals surface area (Å²) in [5, 5.41) is 4.05. The fourth-order valence-corrected chi connectivity index (χ4v) is 5.41. The number of fused-ring (bicyclic) bond motifs is 1. The smallest absolute Gasteiger partial charge is 0.328 e. The van der Waals surface area contributed by atoms with Crippen LogP contribution >= 0.6 is 0 Å². The summed E-state index contributed by atoms with van der Waals surface area (Å²) in [6.07, 6.45) is 2.80. The molecule has 1 N–H and O–H groups in total. The quantitative estimate of drug-likeness (QED) is 0.240. The van der Waals surface area contributed by atoms with Crippen LogP contribution in [0.5, 0.6) is 23.0 Å². The Hall–Kier alpha value is -3.97. The largest absolute Gasteiger partial charge is 0.493 e. The summed E-state index contributed by atoms with van der Waals surface area (Å²) in [5.41, 5.74) is 1.46. The number of ether oxygens (including phenoxy) is 4. The third-order valence-electron chi connectivity index (χ3n) is 6.41. The molecule has 2 aromatic heterocycles. The van der Waals surface area contributed by atoms with E-state index in [2.05, 4.69) is 9.82 Å². The van der Waals surface area contributed by atoms with Crippen LogP contribution in [0.25, 0.3) is 11.0 Å². The Morgan fingerprint density at radius 1 is 0.900 bits per heavy atom. The molecular weight excluding hydrogens is 538 g/mol. The standard InChI is InChI=1S/C27H35N5O7S/c1-7-9-37-19-12-20(38-11-8-10-36-6)14-21(13-19)39-25-16-24-23(30(3)27(33)31(24)4)15-22(25)29-40(34,35)26-17-28-32(5)18(26)2/h12-17,29H,7-11H2,1-6H3. The van der Waals surface area contributed by atoms with Crippen LogP contribution in [-0.2, 0) is 35.9 Å². The molecule has 4 rings (SSSR count). The first-order valence-electron chi connectivity index (χ1n) is 12.8. The minimum atomic E-state index is -4.04. The number of sulfonamides is 1. The monoisotopic (exact) mass is 573 g/mol. The molecule has 216 valence electrons. The van der Waals surface area contributed by atoms with Gasteiger partial charge < -0.3 is 18.9 Å². The van der Waals surface area contributed by atoms with E-state index < -0.39 is 10.0 Å². The van der Waals surface area contributed by atoms with Gasteiger partial charge >= 0.3 is 5.69 Å². The summed E-state index contributed by atoms with van der Waals surface area (Å²) in [6, 6.07) is 8.38. The Morgan fingerprint density at radius 2 is 1.52 bits per heavy atom. The van der Waals surface area contributed by atoms with E-state index in [0.29, 0.717) is 60.2 Å². The molecule has 0 bridgehead atoms. The van der Waals surface area contributed by atoms with Gasteiger partial charge in [-0.15, -0.1) is 0 Å². The molecule has 0 spiro atoms. The van der Waals surface area contributed by atoms with Gasteiger partial charge in [-0.25, -0.2) is 13.2 Å². The number of aryl methyl sites for hydroxylation is 3. The van der Waals surface area contributed by atoms with Crippen LogP contribution in [0.15, 0.2) is 46.2 Å². The van der Waals surface area contributed by atoms with Crippen molar-refractivity contribution in [1.29, 1.82) is 0 Å². The van der Waals surface area contributed by atoms with E-state index in [1.54, 1.807) is 65.5 Å². The van der Waals surface area contributed by atoms with Crippen molar-refractivity contribution in [1.82, 2.24) is 18.9 Å². The molecule has 0 amide bonds. The second kappa shape index (κ2) is 12.0. The molecule has 0 aliphatic rings. The molecule has 13 heteroatoms. The molecule has 0 saturated heterocycles. The number of nitrogens with one attached hydrogen (secondary N) is 1. The van der Waals surface area contributed by atoms with Crippen LogP contribution in [0, 0.1) is 6.92 Å². The van der Waals surface area contributed by atoms with Gasteiger partial charge in [-0.05, 0) is 19.4 Å². The first kappa shape index (κ1) is 29.0. The molecule has 40 heavy (non-hydrogen) atoms. The topological polar surface area (TPSA) is 128 Å². The van der Waals surface area contributed by atoms with Crippen molar-refractivity contribution < 1.29 is 27.4 Å². The summed E-state index contributed by atoms with van der Waals surface area (Å²) in [4.78, 5) is 12.7. The lowest BCUT2D eigenvalue weighted by Gasteiger charge is -2.16. The van der Waals surface area contributed by atoms with Crippen molar-refractivity contribution >= 4 is 26.7 Å². The van der Waals surface area contributed by atoms with Gasteiger partial charge in [0.15, 0.2) is 5.75 Å². The Balaban J connectivity index is 1.78. The van der Waals surface area contributed by atoms with E-state index in [4.69, 9.17) is 18.9 Å². The number of methoxy groups -OCH3 is 1. The highest BCUT2D eigenvalue weighted by Crippen LogP contribution is 2.38. The van der Waals surface area contributed by atoms with Crippen LogP contribution in [-0.4, -0.2) is 54.3 Å². The average molecular weight is 574 g/mol. The number of aromatic nitrogens is 4. The van der Waals surface area contributed by atoms with E-state index in [-0.39, 0.29) is 22.0 Å². The Morgan fingerprint density at radius 3 is 2.12 bits per heavy atom. The molecule has 0 radical (unpaired) electrons. The van der Waals surface area contributed by atoms with Crippen molar-refractivity contribution in [3.05, 3.63) is 52.7 Å². The Bertz CT molecular complexity index is 1670. The first-order valence-corrected chi connectivity index (χ1v) is 14.3. The molecule has 0 unspecified atom stereocenters. The Labute approximate surface area is 233 Å². The Kier molecular flexibility index (Phi) is 8.74. The molecule has 0 atom stereocenters. The molecule has 0 fully saturated rings. The van der Waals surface area contributed by atoms with Crippen LogP contribution < -0.4 is 24.6 Å². The number of anilines is 1. The first-order chi connectivity index (χ1) is 19.1. The van der Waals surface area contributed by atoms with Gasteiger partial charge in [0.25, 0.3) is 10.0 Å². The molecule has 0 aliphatic carbocycles. The van der Waals surface area contributed by atoms with E-state index in [1.807, 2.05) is 6.92 Å². The average Bonchev–Trinajstić information content (AvgIpc) is 3.36. The van der Waals surface area contributed by atoms with Crippen molar-refractivity contribution in [2.45, 2.75) is 31.6 Å². The van der Waals surface area contributed by atoms with Crippen molar-refractivity contribution in [2.24, 2.45) is 21.1 Å². The van der Waals surface area contributed by atoms with Gasteiger partial charge in [0, 0.05) is 65.5 Å². The summed E-state index contributed by atoms with van der Waals surface area (Å²) >= 11 is 0. The second-order valence-corrected chi connectivity index (χ2v) is 11.0. The second-order valence-electron chi connectivity index (χ2n) is 9.35. The van der Waals surface area contributed by atoms with Crippen LogP contribution in [0.2, 0.25) is 0 Å². The number of nitrogens with zero attached hydrogens (tertiary/aromatic N) is 4. The zero-order valence-electron chi connectivity index (χ0n) is 23.6. The van der Waals surface area contributed by atoms with E-state index in [9.17, 15) is 13.2 Å². The van der Waals surface area contributed by atoms with E-state index in [0.717, 1.165) is 6.42 Å². The maximum atomic E-state index is 13.4. The lowest BCUT2D eigenvalue weighted by atomic mass is 10.2. The number of hydrogen-bond acceptors (Lipinski definition) is 8. The summed E-state index contributed by atoms with van der Waals surface area (Å²) < 4.78 is 56.9. The maximum Gasteiger partial charge on any atom is 0.328 e. The van der Waals surface area contributed by atoms with Gasteiger partial charge in [0.1, 0.15) is 22.1 Å². The summed E-state index contributed by atoms with van der Waals surface area (Å²) in [7, 11) is 2.52. The number of benzene rings is 2. The SMILES string of the molecule is CCCOc1cc(OCCCOC)cc(Oc2cc3c(cc2NS(=O)(=O)c2cnn(C)c2C)n(C)c(=O)n3C)c1. The zero-order valence-corrected chi connectivity index (χ0v) is 24.4. The molecule has 0 aliphatic heterocycles. The molecular formula is C27H35N5O7S. The van der Waals surface area contributed by atoms with Crippen molar-refractivity contribution in [2.75, 3.05) is 31.7 Å². The third-order valence-corrected chi connectivity index (χ3v) is 7.88. The van der Waals surface area contributed by atoms with Gasteiger partial charge in [-0.1, -0.05) is 6.92 Å². The molecule has 2 heterocycles. The van der Waals surface area contributed by atoms with E-state index in [1.165, 1.54) is 20.0 Å². The number of imidazole rings is 1. The fourth-order valence-electron chi connectivity index (χ4n) is 4.14. The maximum absolute atomic E-state index is 13.4. The normalized spacial score (nSPS) is 11.7. The molecule has 2 aromatic carbocycles. The lowest BCUT2D eigenvalue weighted by Crippen LogP contribution is -2.19. The highest BCUT2D eigenvalue weighted by atomic mass is 32.2. The molecule has 12 nitrogen and oxygen atoms in total. The predicted octanol–water partition coefficient (Wildman–Crippen LogP) is 3.72. The predicted molar refractivity (Wildman–Crippen MR) is 151 cm³/mol. The highest BCUT2D eigenvalue weighted by molar-refractivity contribution is 7.92. The van der Waals surface area contributed by atoms with Crippen molar-refractivity contribution in [3.63, 3.8) is 0 Å². The molecule has 4 aromatic rings. The molecule has 0 saturated carbocycles. The van der Waals surface area contributed by atoms with Crippen molar-refractivity contribution in [3.8, 4) is 23.0 Å². The van der Waals surface area contributed by atoms with Gasteiger partial charge in [-0.3, -0.25) is 18.5 Å². The highest BCUT2D eigenvalue weighted by Gasteiger charge is 2.24. The zero-order chi connectivity index (χ0) is 29.0.